The number of amides is 2. The zero-order valence-electron chi connectivity index (χ0n) is 15.1. The Hall–Kier alpha value is -3.02. The van der Waals surface area contributed by atoms with Crippen molar-refractivity contribution < 1.29 is 19.1 Å². The smallest absolute Gasteiger partial charge is 0.220 e. The number of ether oxygens (including phenoxy) is 2. The van der Waals surface area contributed by atoms with Crippen molar-refractivity contribution in [2.24, 2.45) is 0 Å². The van der Waals surface area contributed by atoms with Crippen LogP contribution in [-0.2, 0) is 22.7 Å². The fourth-order valence-corrected chi connectivity index (χ4v) is 2.29. The summed E-state index contributed by atoms with van der Waals surface area (Å²) >= 11 is 0. The van der Waals surface area contributed by atoms with Crippen molar-refractivity contribution >= 4 is 11.8 Å². The highest BCUT2D eigenvalue weighted by Gasteiger charge is 2.07. The third-order valence-electron chi connectivity index (χ3n) is 3.88. The van der Waals surface area contributed by atoms with Crippen LogP contribution < -0.4 is 20.1 Å². The first-order valence-corrected chi connectivity index (χ1v) is 8.40. The van der Waals surface area contributed by atoms with Crippen LogP contribution in [0.2, 0.25) is 0 Å². The van der Waals surface area contributed by atoms with E-state index in [1.54, 1.807) is 14.2 Å². The van der Waals surface area contributed by atoms with Crippen molar-refractivity contribution in [3.63, 3.8) is 0 Å². The van der Waals surface area contributed by atoms with Crippen LogP contribution in [0.3, 0.4) is 0 Å². The molecule has 0 atom stereocenters. The molecule has 138 valence electrons. The van der Waals surface area contributed by atoms with Crippen LogP contribution in [0.4, 0.5) is 0 Å². The van der Waals surface area contributed by atoms with E-state index in [2.05, 4.69) is 10.6 Å². The second-order valence-electron chi connectivity index (χ2n) is 5.75. The van der Waals surface area contributed by atoms with E-state index < -0.39 is 0 Å². The molecule has 0 heterocycles. The first kappa shape index (κ1) is 19.3. The maximum Gasteiger partial charge on any atom is 0.220 e. The average Bonchev–Trinajstić information content (AvgIpc) is 2.69. The van der Waals surface area contributed by atoms with Crippen molar-refractivity contribution in [1.82, 2.24) is 10.6 Å². The van der Waals surface area contributed by atoms with Crippen LogP contribution in [0.5, 0.6) is 11.5 Å². The van der Waals surface area contributed by atoms with E-state index in [0.29, 0.717) is 13.1 Å². The molecule has 2 N–H and O–H groups in total. The van der Waals surface area contributed by atoms with Gasteiger partial charge in [-0.2, -0.15) is 0 Å². The van der Waals surface area contributed by atoms with Crippen LogP contribution in [-0.4, -0.2) is 26.0 Å². The summed E-state index contributed by atoms with van der Waals surface area (Å²) in [6, 6.07) is 14.9. The number of rotatable bonds is 9. The van der Waals surface area contributed by atoms with E-state index in [0.717, 1.165) is 22.6 Å². The summed E-state index contributed by atoms with van der Waals surface area (Å²) in [5, 5.41) is 5.61. The molecule has 0 unspecified atom stereocenters. The van der Waals surface area contributed by atoms with E-state index in [1.807, 2.05) is 48.5 Å². The summed E-state index contributed by atoms with van der Waals surface area (Å²) in [4.78, 5) is 23.7. The van der Waals surface area contributed by atoms with Gasteiger partial charge in [0.15, 0.2) is 0 Å². The normalized spacial score (nSPS) is 10.1. The van der Waals surface area contributed by atoms with Crippen molar-refractivity contribution in [2.45, 2.75) is 25.9 Å². The minimum absolute atomic E-state index is 0.152. The van der Waals surface area contributed by atoms with E-state index in [-0.39, 0.29) is 24.7 Å². The number of methoxy groups -OCH3 is 2. The van der Waals surface area contributed by atoms with Gasteiger partial charge in [-0.25, -0.2) is 0 Å². The summed E-state index contributed by atoms with van der Waals surface area (Å²) in [5.74, 6) is 1.24. The fourth-order valence-electron chi connectivity index (χ4n) is 2.29. The van der Waals surface area contributed by atoms with E-state index >= 15 is 0 Å². The lowest BCUT2D eigenvalue weighted by Crippen LogP contribution is -2.27. The van der Waals surface area contributed by atoms with E-state index in [4.69, 9.17) is 9.47 Å². The Labute approximate surface area is 153 Å². The maximum atomic E-state index is 11.9. The van der Waals surface area contributed by atoms with Gasteiger partial charge in [0, 0.05) is 25.9 Å². The molecular formula is C20H24N2O4. The molecule has 0 bridgehead atoms. The number of nitrogens with one attached hydrogen (secondary N) is 2. The topological polar surface area (TPSA) is 76.7 Å². The number of benzene rings is 2. The molecule has 6 nitrogen and oxygen atoms in total. The summed E-state index contributed by atoms with van der Waals surface area (Å²) in [6.45, 7) is 0.854. The standard InChI is InChI=1S/C20H24N2O4/c1-25-17-7-3-15(4-8-17)13-21-19(23)11-12-20(24)22-14-16-5-9-18(26-2)10-6-16/h3-10H,11-14H2,1-2H3,(H,21,23)(H,22,24). The quantitative estimate of drug-likeness (QED) is 0.723. The molecule has 0 saturated carbocycles. The zero-order valence-corrected chi connectivity index (χ0v) is 15.1. The van der Waals surface area contributed by atoms with Crippen molar-refractivity contribution in [3.05, 3.63) is 59.7 Å². The molecule has 0 radical (unpaired) electrons. The van der Waals surface area contributed by atoms with Gasteiger partial charge in [0.05, 0.1) is 14.2 Å². The highest BCUT2D eigenvalue weighted by Crippen LogP contribution is 2.12. The van der Waals surface area contributed by atoms with Gasteiger partial charge in [0.1, 0.15) is 11.5 Å². The maximum absolute atomic E-state index is 11.9. The predicted molar refractivity (Wildman–Crippen MR) is 98.9 cm³/mol. The molecule has 0 aromatic heterocycles. The van der Waals surface area contributed by atoms with Crippen molar-refractivity contribution in [2.75, 3.05) is 14.2 Å². The lowest BCUT2D eigenvalue weighted by molar-refractivity contribution is -0.126. The van der Waals surface area contributed by atoms with Gasteiger partial charge in [-0.1, -0.05) is 24.3 Å². The Kier molecular flexibility index (Phi) is 7.49. The first-order valence-electron chi connectivity index (χ1n) is 8.40. The summed E-state index contributed by atoms with van der Waals surface area (Å²) in [5.41, 5.74) is 1.95. The van der Waals surface area contributed by atoms with Crippen LogP contribution in [0.1, 0.15) is 24.0 Å². The average molecular weight is 356 g/mol. The van der Waals surface area contributed by atoms with Crippen molar-refractivity contribution in [3.8, 4) is 11.5 Å². The zero-order chi connectivity index (χ0) is 18.8. The van der Waals surface area contributed by atoms with Gasteiger partial charge in [-0.05, 0) is 35.4 Å². The molecule has 6 heteroatoms. The van der Waals surface area contributed by atoms with Crippen LogP contribution in [0, 0.1) is 0 Å². The monoisotopic (exact) mass is 356 g/mol. The summed E-state index contributed by atoms with van der Waals surface area (Å²) in [7, 11) is 3.22. The number of carbonyl (C=O) groups excluding carboxylic acids is 2. The van der Waals surface area contributed by atoms with Gasteiger partial charge in [0.2, 0.25) is 11.8 Å². The Morgan fingerprint density at radius 3 is 1.35 bits per heavy atom. The molecule has 0 aliphatic rings. The highest BCUT2D eigenvalue weighted by molar-refractivity contribution is 5.83. The first-order chi connectivity index (χ1) is 12.6. The van der Waals surface area contributed by atoms with Crippen LogP contribution in [0.15, 0.2) is 48.5 Å². The highest BCUT2D eigenvalue weighted by atomic mass is 16.5. The number of hydrogen-bond acceptors (Lipinski definition) is 4. The second kappa shape index (κ2) is 10.1. The molecule has 2 aromatic rings. The van der Waals surface area contributed by atoms with Gasteiger partial charge >= 0.3 is 0 Å². The molecule has 0 saturated heterocycles. The van der Waals surface area contributed by atoms with Gasteiger partial charge < -0.3 is 20.1 Å². The molecule has 0 spiro atoms. The second-order valence-corrected chi connectivity index (χ2v) is 5.75. The van der Waals surface area contributed by atoms with Gasteiger partial charge in [-0.3, -0.25) is 9.59 Å². The molecule has 0 aliphatic carbocycles. The van der Waals surface area contributed by atoms with Crippen molar-refractivity contribution in [1.29, 1.82) is 0 Å². The third kappa shape index (κ3) is 6.47. The lowest BCUT2D eigenvalue weighted by atomic mass is 10.2. The van der Waals surface area contributed by atoms with E-state index in [9.17, 15) is 9.59 Å². The molecule has 0 fully saturated rings. The fraction of sp³-hybridized carbons (Fsp3) is 0.300. The Balaban J connectivity index is 1.64. The van der Waals surface area contributed by atoms with Gasteiger partial charge in [0.25, 0.3) is 0 Å². The van der Waals surface area contributed by atoms with Crippen LogP contribution in [0.25, 0.3) is 0 Å². The lowest BCUT2D eigenvalue weighted by Gasteiger charge is -2.08. The summed E-state index contributed by atoms with van der Waals surface area (Å²) < 4.78 is 10.2. The number of carbonyl (C=O) groups is 2. The van der Waals surface area contributed by atoms with E-state index in [1.165, 1.54) is 0 Å². The molecule has 26 heavy (non-hydrogen) atoms. The molecule has 0 aliphatic heterocycles. The minimum atomic E-state index is -0.152. The number of hydrogen-bond donors (Lipinski definition) is 2. The van der Waals surface area contributed by atoms with Gasteiger partial charge in [-0.15, -0.1) is 0 Å². The summed E-state index contributed by atoms with van der Waals surface area (Å²) in [6.07, 6.45) is 0.315. The molecule has 2 rings (SSSR count). The predicted octanol–water partition coefficient (Wildman–Crippen LogP) is 2.42. The molecule has 2 amide bonds. The molecule has 2 aromatic carbocycles. The Morgan fingerprint density at radius 1 is 0.692 bits per heavy atom. The SMILES string of the molecule is COc1ccc(CNC(=O)CCC(=O)NCc2ccc(OC)cc2)cc1. The third-order valence-corrected chi connectivity index (χ3v) is 3.88. The minimum Gasteiger partial charge on any atom is -0.497 e. The molecular weight excluding hydrogens is 332 g/mol. The van der Waals surface area contributed by atoms with Crippen LogP contribution >= 0.6 is 0 Å². The Bertz CT molecular complexity index is 648. The largest absolute Gasteiger partial charge is 0.497 e. The Morgan fingerprint density at radius 2 is 1.04 bits per heavy atom.